The normalized spacial score (nSPS) is 12.1. The van der Waals surface area contributed by atoms with E-state index >= 15 is 0 Å². The second-order valence-corrected chi connectivity index (χ2v) is 19.4. The van der Waals surface area contributed by atoms with E-state index in [1.165, 1.54) is 289 Å². The molecule has 0 aliphatic carbocycles. The van der Waals surface area contributed by atoms with Gasteiger partial charge in [0.2, 0.25) is 0 Å². The van der Waals surface area contributed by atoms with Crippen LogP contribution in [0.4, 0.5) is 0 Å². The van der Waals surface area contributed by atoms with Gasteiger partial charge in [0.1, 0.15) is 6.10 Å². The summed E-state index contributed by atoms with van der Waals surface area (Å²) in [5.74, 6) is -0.189. The fraction of sp³-hybridized carbons (Fsp3) is 0.982. The summed E-state index contributed by atoms with van der Waals surface area (Å²) in [7, 11) is 0. The molecule has 0 amide bonds. The number of unbranched alkanes of at least 4 members (excludes halogenated alkanes) is 46. The third kappa shape index (κ3) is 51.7. The zero-order chi connectivity index (χ0) is 43.3. The van der Waals surface area contributed by atoms with Crippen molar-refractivity contribution in [2.45, 2.75) is 335 Å². The Labute approximate surface area is 378 Å². The molecule has 0 saturated carbocycles. The van der Waals surface area contributed by atoms with Crippen LogP contribution in [0.2, 0.25) is 0 Å². The minimum absolute atomic E-state index is 0.162. The van der Waals surface area contributed by atoms with Crippen LogP contribution in [0.3, 0.4) is 0 Å². The first-order chi connectivity index (χ1) is 29.7. The summed E-state index contributed by atoms with van der Waals surface area (Å²) in [6, 6.07) is 0. The average Bonchev–Trinajstić information content (AvgIpc) is 3.25. The summed E-state index contributed by atoms with van der Waals surface area (Å²) < 4.78 is 11.3. The maximum Gasteiger partial charge on any atom is 0.306 e. The van der Waals surface area contributed by atoms with E-state index in [1.54, 1.807) is 0 Å². The Morgan fingerprint density at radius 2 is 0.550 bits per heavy atom. The maximum absolute atomic E-state index is 12.3. The smallest absolute Gasteiger partial charge is 0.306 e. The van der Waals surface area contributed by atoms with Crippen molar-refractivity contribution in [1.29, 1.82) is 0 Å². The van der Waals surface area contributed by atoms with Crippen LogP contribution in [0.25, 0.3) is 0 Å². The monoisotopic (exact) mass is 849 g/mol. The van der Waals surface area contributed by atoms with E-state index in [1.807, 2.05) is 0 Å². The molecule has 0 rings (SSSR count). The Kier molecular flexibility index (Phi) is 54.0. The standard InChI is InChI=1S/C56H112O4/c1-3-5-7-9-11-13-15-17-19-21-23-25-27-28-29-30-32-34-36-38-40-42-44-46-48-50-52-59-54-55(53-57)60-56(58)51-49-47-45-43-41-39-37-35-33-31-26-24-22-20-18-16-14-12-10-8-6-4-2/h55,57H,3-54H2,1-2H3. The molecule has 0 aromatic rings. The third-order valence-corrected chi connectivity index (χ3v) is 13.2. The Morgan fingerprint density at radius 3 is 0.783 bits per heavy atom. The summed E-state index contributed by atoms with van der Waals surface area (Å²) in [6.07, 6.45) is 66.5. The molecule has 360 valence electrons. The molecule has 0 spiro atoms. The largest absolute Gasteiger partial charge is 0.457 e. The first-order valence-electron chi connectivity index (χ1n) is 28.1. The molecule has 0 heterocycles. The van der Waals surface area contributed by atoms with Crippen molar-refractivity contribution in [2.75, 3.05) is 19.8 Å². The number of ether oxygens (including phenoxy) is 2. The van der Waals surface area contributed by atoms with E-state index in [0.717, 1.165) is 19.3 Å². The van der Waals surface area contributed by atoms with Crippen molar-refractivity contribution in [2.24, 2.45) is 0 Å². The Morgan fingerprint density at radius 1 is 0.333 bits per heavy atom. The van der Waals surface area contributed by atoms with Crippen molar-refractivity contribution >= 4 is 5.97 Å². The molecule has 60 heavy (non-hydrogen) atoms. The molecule has 0 fully saturated rings. The Bertz CT molecular complexity index is 770. The van der Waals surface area contributed by atoms with Gasteiger partial charge in [-0.3, -0.25) is 4.79 Å². The first kappa shape index (κ1) is 59.4. The van der Waals surface area contributed by atoms with Crippen molar-refractivity contribution in [3.05, 3.63) is 0 Å². The number of carbonyl (C=O) groups is 1. The van der Waals surface area contributed by atoms with Crippen LogP contribution >= 0.6 is 0 Å². The zero-order valence-corrected chi connectivity index (χ0v) is 41.5. The van der Waals surface area contributed by atoms with Gasteiger partial charge in [0.15, 0.2) is 0 Å². The molecular formula is C56H112O4. The van der Waals surface area contributed by atoms with Gasteiger partial charge < -0.3 is 14.6 Å². The topological polar surface area (TPSA) is 55.8 Å². The highest BCUT2D eigenvalue weighted by molar-refractivity contribution is 5.69. The number of hydrogen-bond acceptors (Lipinski definition) is 4. The number of rotatable bonds is 54. The van der Waals surface area contributed by atoms with Crippen LogP contribution in [0.5, 0.6) is 0 Å². The van der Waals surface area contributed by atoms with E-state index in [4.69, 9.17) is 9.47 Å². The van der Waals surface area contributed by atoms with Gasteiger partial charge in [-0.1, -0.05) is 309 Å². The molecule has 1 unspecified atom stereocenters. The minimum atomic E-state index is -0.527. The molecule has 0 bridgehead atoms. The molecule has 0 aromatic carbocycles. The minimum Gasteiger partial charge on any atom is -0.457 e. The van der Waals surface area contributed by atoms with E-state index in [-0.39, 0.29) is 12.6 Å². The van der Waals surface area contributed by atoms with Gasteiger partial charge in [-0.05, 0) is 12.8 Å². The zero-order valence-electron chi connectivity index (χ0n) is 41.5. The van der Waals surface area contributed by atoms with Crippen LogP contribution in [-0.4, -0.2) is 37.0 Å². The fourth-order valence-corrected chi connectivity index (χ4v) is 8.98. The number of esters is 1. The predicted octanol–water partition coefficient (Wildman–Crippen LogP) is 19.1. The number of carbonyl (C=O) groups excluding carboxylic acids is 1. The van der Waals surface area contributed by atoms with Crippen molar-refractivity contribution in [1.82, 2.24) is 0 Å². The molecule has 0 aliphatic heterocycles. The van der Waals surface area contributed by atoms with Gasteiger partial charge in [-0.2, -0.15) is 0 Å². The second-order valence-electron chi connectivity index (χ2n) is 19.4. The SMILES string of the molecule is CCCCCCCCCCCCCCCCCCCCCCCCCCCCOCC(CO)OC(=O)CCCCCCCCCCCCCCCCCCCCCCCC. The second kappa shape index (κ2) is 54.5. The van der Waals surface area contributed by atoms with E-state index < -0.39 is 6.10 Å². The predicted molar refractivity (Wildman–Crippen MR) is 265 cm³/mol. The summed E-state index contributed by atoms with van der Waals surface area (Å²) in [5, 5.41) is 9.67. The molecule has 0 saturated heterocycles. The summed E-state index contributed by atoms with van der Waals surface area (Å²) in [4.78, 5) is 12.3. The lowest BCUT2D eigenvalue weighted by Gasteiger charge is -2.16. The number of hydrogen-bond donors (Lipinski definition) is 1. The van der Waals surface area contributed by atoms with Crippen LogP contribution in [0.1, 0.15) is 328 Å². The summed E-state index contributed by atoms with van der Waals surface area (Å²) >= 11 is 0. The van der Waals surface area contributed by atoms with Crippen molar-refractivity contribution in [3.63, 3.8) is 0 Å². The highest BCUT2D eigenvalue weighted by Gasteiger charge is 2.13. The average molecular weight is 850 g/mol. The van der Waals surface area contributed by atoms with E-state index in [0.29, 0.717) is 19.6 Å². The lowest BCUT2D eigenvalue weighted by Crippen LogP contribution is -2.27. The molecule has 0 radical (unpaired) electrons. The van der Waals surface area contributed by atoms with Crippen LogP contribution in [-0.2, 0) is 14.3 Å². The number of aliphatic hydroxyl groups is 1. The van der Waals surface area contributed by atoms with Gasteiger partial charge in [0.25, 0.3) is 0 Å². The van der Waals surface area contributed by atoms with Gasteiger partial charge in [0.05, 0.1) is 13.2 Å². The van der Waals surface area contributed by atoms with E-state index in [9.17, 15) is 9.90 Å². The van der Waals surface area contributed by atoms with Crippen LogP contribution in [0.15, 0.2) is 0 Å². The van der Waals surface area contributed by atoms with E-state index in [2.05, 4.69) is 13.8 Å². The third-order valence-electron chi connectivity index (χ3n) is 13.2. The van der Waals surface area contributed by atoms with Gasteiger partial charge in [-0.25, -0.2) is 0 Å². The van der Waals surface area contributed by atoms with Crippen LogP contribution < -0.4 is 0 Å². The molecule has 0 aromatic heterocycles. The first-order valence-corrected chi connectivity index (χ1v) is 28.1. The highest BCUT2D eigenvalue weighted by Crippen LogP contribution is 2.18. The molecule has 4 nitrogen and oxygen atoms in total. The Balaban J connectivity index is 3.30. The maximum atomic E-state index is 12.3. The quantitative estimate of drug-likeness (QED) is 0.0489. The van der Waals surface area contributed by atoms with Gasteiger partial charge >= 0.3 is 5.97 Å². The molecular weight excluding hydrogens is 737 g/mol. The van der Waals surface area contributed by atoms with Crippen molar-refractivity contribution < 1.29 is 19.4 Å². The Hall–Kier alpha value is -0.610. The lowest BCUT2D eigenvalue weighted by atomic mass is 10.0. The molecule has 1 N–H and O–H groups in total. The number of aliphatic hydroxyl groups excluding tert-OH is 1. The molecule has 1 atom stereocenters. The van der Waals surface area contributed by atoms with Gasteiger partial charge in [0, 0.05) is 13.0 Å². The fourth-order valence-electron chi connectivity index (χ4n) is 8.98. The lowest BCUT2D eigenvalue weighted by molar-refractivity contribution is -0.154. The summed E-state index contributed by atoms with van der Waals surface area (Å²) in [5.41, 5.74) is 0. The van der Waals surface area contributed by atoms with Gasteiger partial charge in [-0.15, -0.1) is 0 Å². The molecule has 0 aliphatic rings. The van der Waals surface area contributed by atoms with Crippen LogP contribution in [0, 0.1) is 0 Å². The van der Waals surface area contributed by atoms with Crippen molar-refractivity contribution in [3.8, 4) is 0 Å². The summed E-state index contributed by atoms with van der Waals surface area (Å²) in [6.45, 7) is 5.43. The molecule has 4 heteroatoms. The highest BCUT2D eigenvalue weighted by atomic mass is 16.6.